The van der Waals surface area contributed by atoms with Gasteiger partial charge in [-0.2, -0.15) is 0 Å². The number of fused-ring (bicyclic) bond motifs is 1. The molecule has 0 N–H and O–H groups in total. The molecule has 1 fully saturated rings. The molecular weight excluding hydrogens is 398 g/mol. The summed E-state index contributed by atoms with van der Waals surface area (Å²) in [6.07, 6.45) is 7.75. The summed E-state index contributed by atoms with van der Waals surface area (Å²) in [5.74, 6) is 0. The molecule has 1 aromatic heterocycles. The lowest BCUT2D eigenvalue weighted by atomic mass is 9.63. The first-order chi connectivity index (χ1) is 14.8. The molecule has 4 rings (SSSR count). The molecule has 2 aliphatic rings. The molecular formula is C27H41N3S. The minimum atomic E-state index is 0.242. The van der Waals surface area contributed by atoms with Crippen LogP contribution in [0.3, 0.4) is 0 Å². The lowest BCUT2D eigenvalue weighted by Crippen LogP contribution is -2.33. The van der Waals surface area contributed by atoms with E-state index in [4.69, 9.17) is 4.98 Å². The van der Waals surface area contributed by atoms with Crippen molar-refractivity contribution < 1.29 is 0 Å². The molecule has 0 radical (unpaired) electrons. The monoisotopic (exact) mass is 439 g/mol. The molecule has 0 saturated carbocycles. The number of unbranched alkanes of at least 4 members (excludes halogenated alkanes) is 2. The fourth-order valence-corrected chi connectivity index (χ4v) is 6.15. The number of hydrogen-bond donors (Lipinski definition) is 0. The van der Waals surface area contributed by atoms with Gasteiger partial charge in [0.2, 0.25) is 0 Å². The van der Waals surface area contributed by atoms with Gasteiger partial charge in [0.25, 0.3) is 0 Å². The molecule has 2 aromatic rings. The fraction of sp³-hybridized carbons (Fsp3) is 0.667. The van der Waals surface area contributed by atoms with Crippen molar-refractivity contribution in [1.29, 1.82) is 0 Å². The Bertz CT molecular complexity index is 882. The van der Waals surface area contributed by atoms with Crippen molar-refractivity contribution in [2.24, 2.45) is 0 Å². The Hall–Kier alpha value is -1.39. The second-order valence-corrected chi connectivity index (χ2v) is 11.8. The third-order valence-corrected chi connectivity index (χ3v) is 8.48. The highest BCUT2D eigenvalue weighted by molar-refractivity contribution is 7.14. The van der Waals surface area contributed by atoms with Crippen LogP contribution in [0.4, 0.5) is 5.13 Å². The van der Waals surface area contributed by atoms with Crippen LogP contribution in [0.2, 0.25) is 0 Å². The lowest BCUT2D eigenvalue weighted by molar-refractivity contribution is 0.287. The maximum absolute atomic E-state index is 5.11. The van der Waals surface area contributed by atoms with E-state index in [0.717, 1.165) is 18.8 Å². The predicted molar refractivity (Wildman–Crippen MR) is 136 cm³/mol. The number of nitrogens with zero attached hydrogens (tertiary/aromatic N) is 3. The first-order valence-corrected chi connectivity index (χ1v) is 13.3. The zero-order valence-electron chi connectivity index (χ0n) is 20.3. The van der Waals surface area contributed by atoms with E-state index < -0.39 is 0 Å². The van der Waals surface area contributed by atoms with Gasteiger partial charge in [0.05, 0.1) is 5.69 Å². The predicted octanol–water partition coefficient (Wildman–Crippen LogP) is 6.86. The SMILES string of the molecule is CCCCCN1CCCN(c2nc(-c3ccc4c(c3)C(C)(C)CCC4(C)C)cs2)CC1. The summed E-state index contributed by atoms with van der Waals surface area (Å²) in [6.45, 7) is 17.8. The van der Waals surface area contributed by atoms with Crippen LogP contribution in [0, 0.1) is 0 Å². The summed E-state index contributed by atoms with van der Waals surface area (Å²) in [5.41, 5.74) is 5.98. The summed E-state index contributed by atoms with van der Waals surface area (Å²) in [7, 11) is 0. The molecule has 31 heavy (non-hydrogen) atoms. The largest absolute Gasteiger partial charge is 0.347 e. The van der Waals surface area contributed by atoms with Crippen molar-refractivity contribution in [1.82, 2.24) is 9.88 Å². The van der Waals surface area contributed by atoms with E-state index in [-0.39, 0.29) is 10.8 Å². The third kappa shape index (κ3) is 5.01. The molecule has 1 saturated heterocycles. The first kappa shape index (κ1) is 22.8. The van der Waals surface area contributed by atoms with Crippen molar-refractivity contribution in [3.8, 4) is 11.3 Å². The molecule has 0 bridgehead atoms. The number of rotatable bonds is 6. The van der Waals surface area contributed by atoms with Gasteiger partial charge in [0.1, 0.15) is 0 Å². The van der Waals surface area contributed by atoms with Crippen LogP contribution in [0.1, 0.15) is 84.3 Å². The van der Waals surface area contributed by atoms with Crippen LogP contribution in [-0.2, 0) is 10.8 Å². The van der Waals surface area contributed by atoms with E-state index in [1.54, 1.807) is 0 Å². The topological polar surface area (TPSA) is 19.4 Å². The molecule has 0 spiro atoms. The van der Waals surface area contributed by atoms with E-state index in [0.29, 0.717) is 0 Å². The van der Waals surface area contributed by atoms with Crippen LogP contribution < -0.4 is 4.90 Å². The van der Waals surface area contributed by atoms with E-state index >= 15 is 0 Å². The minimum absolute atomic E-state index is 0.242. The van der Waals surface area contributed by atoms with Gasteiger partial charge >= 0.3 is 0 Å². The van der Waals surface area contributed by atoms with E-state index in [9.17, 15) is 0 Å². The lowest BCUT2D eigenvalue weighted by Gasteiger charge is -2.42. The molecule has 3 nitrogen and oxygen atoms in total. The van der Waals surface area contributed by atoms with E-state index in [1.807, 2.05) is 11.3 Å². The highest BCUT2D eigenvalue weighted by atomic mass is 32.1. The zero-order chi connectivity index (χ0) is 22.1. The van der Waals surface area contributed by atoms with Gasteiger partial charge in [-0.15, -0.1) is 11.3 Å². The first-order valence-electron chi connectivity index (χ1n) is 12.4. The van der Waals surface area contributed by atoms with E-state index in [2.05, 4.69) is 68.0 Å². The second-order valence-electron chi connectivity index (χ2n) is 10.9. The van der Waals surface area contributed by atoms with E-state index in [1.165, 1.54) is 80.0 Å². The zero-order valence-corrected chi connectivity index (χ0v) is 21.2. The third-order valence-electron chi connectivity index (χ3n) is 7.58. The van der Waals surface area contributed by atoms with Gasteiger partial charge in [-0.1, -0.05) is 59.6 Å². The molecule has 1 aromatic carbocycles. The smallest absolute Gasteiger partial charge is 0.185 e. The summed E-state index contributed by atoms with van der Waals surface area (Å²) >= 11 is 1.82. The van der Waals surface area contributed by atoms with Crippen molar-refractivity contribution in [3.05, 3.63) is 34.7 Å². The Morgan fingerprint density at radius 1 is 0.935 bits per heavy atom. The molecule has 4 heteroatoms. The van der Waals surface area contributed by atoms with Crippen molar-refractivity contribution in [2.45, 2.75) is 84.0 Å². The van der Waals surface area contributed by atoms with Crippen molar-refractivity contribution >= 4 is 16.5 Å². The molecule has 2 heterocycles. The number of hydrogen-bond acceptors (Lipinski definition) is 4. The summed E-state index contributed by atoms with van der Waals surface area (Å²) < 4.78 is 0. The average molecular weight is 440 g/mol. The highest BCUT2D eigenvalue weighted by Gasteiger charge is 2.37. The Balaban J connectivity index is 1.49. The van der Waals surface area contributed by atoms with Crippen LogP contribution in [0.15, 0.2) is 23.6 Å². The number of anilines is 1. The van der Waals surface area contributed by atoms with Gasteiger partial charge < -0.3 is 9.80 Å². The molecule has 0 amide bonds. The average Bonchev–Trinajstić information content (AvgIpc) is 3.12. The van der Waals surface area contributed by atoms with Crippen molar-refractivity contribution in [2.75, 3.05) is 37.6 Å². The summed E-state index contributed by atoms with van der Waals surface area (Å²) in [4.78, 5) is 10.3. The normalized spacial score (nSPS) is 21.0. The van der Waals surface area contributed by atoms with Gasteiger partial charge in [-0.25, -0.2) is 4.98 Å². The molecule has 1 aliphatic carbocycles. The van der Waals surface area contributed by atoms with Crippen molar-refractivity contribution in [3.63, 3.8) is 0 Å². The Morgan fingerprint density at radius 2 is 1.71 bits per heavy atom. The van der Waals surface area contributed by atoms with Crippen LogP contribution in [0.5, 0.6) is 0 Å². The molecule has 0 unspecified atom stereocenters. The number of thiazole rings is 1. The molecule has 1 aliphatic heterocycles. The fourth-order valence-electron chi connectivity index (χ4n) is 5.26. The minimum Gasteiger partial charge on any atom is -0.347 e. The maximum atomic E-state index is 5.11. The Morgan fingerprint density at radius 3 is 2.48 bits per heavy atom. The van der Waals surface area contributed by atoms with Crippen LogP contribution in [0.25, 0.3) is 11.3 Å². The number of benzene rings is 1. The van der Waals surface area contributed by atoms with Gasteiger partial charge in [-0.05, 0) is 66.8 Å². The standard InChI is InChI=1S/C27H41N3S/c1-6-7-8-14-29-15-9-16-30(18-17-29)25-28-24(20-31-25)21-10-11-22-23(19-21)27(4,5)13-12-26(22,2)3/h10-11,19-20H,6-9,12-18H2,1-5H3. The Kier molecular flexibility index (Phi) is 6.79. The summed E-state index contributed by atoms with van der Waals surface area (Å²) in [5, 5.41) is 3.46. The second kappa shape index (κ2) is 9.23. The highest BCUT2D eigenvalue weighted by Crippen LogP contribution is 2.46. The van der Waals surface area contributed by atoms with Gasteiger partial charge in [0, 0.05) is 30.6 Å². The maximum Gasteiger partial charge on any atom is 0.185 e. The van der Waals surface area contributed by atoms with Crippen LogP contribution >= 0.6 is 11.3 Å². The van der Waals surface area contributed by atoms with Gasteiger partial charge in [0.15, 0.2) is 5.13 Å². The summed E-state index contributed by atoms with van der Waals surface area (Å²) in [6, 6.07) is 7.12. The molecule has 0 atom stereocenters. The van der Waals surface area contributed by atoms with Gasteiger partial charge in [-0.3, -0.25) is 0 Å². The number of aromatic nitrogens is 1. The quantitative estimate of drug-likeness (QED) is 0.458. The molecule has 170 valence electrons. The Labute approximate surface area is 193 Å². The van der Waals surface area contributed by atoms with Crippen LogP contribution in [-0.4, -0.2) is 42.6 Å².